The second-order valence-electron chi connectivity index (χ2n) is 7.01. The maximum Gasteiger partial charge on any atom is 0.258 e. The number of aryl methyl sites for hydroxylation is 1. The standard InChI is InChI=1S/C20H25ClN2O4S2/c1-15-12-16(21)6-8-18(15)27-14-19(24)22-13-17-7-9-20(28-17)29(25,26)23-10-4-2-3-5-11-23/h6-9,12H,2-5,10-11,13-14H2,1H3,(H,22,24). The van der Waals surface area contributed by atoms with Gasteiger partial charge in [-0.2, -0.15) is 4.31 Å². The molecule has 1 amide bonds. The van der Waals surface area contributed by atoms with Gasteiger partial charge < -0.3 is 10.1 Å². The lowest BCUT2D eigenvalue weighted by Gasteiger charge is -2.18. The van der Waals surface area contributed by atoms with Crippen LogP contribution in [0.15, 0.2) is 34.5 Å². The number of halogens is 1. The Morgan fingerprint density at radius 1 is 1.17 bits per heavy atom. The van der Waals surface area contributed by atoms with Gasteiger partial charge in [0.05, 0.1) is 6.54 Å². The maximum atomic E-state index is 12.8. The number of ether oxygens (including phenoxy) is 1. The fourth-order valence-electron chi connectivity index (χ4n) is 3.16. The second-order valence-corrected chi connectivity index (χ2v) is 10.8. The molecule has 2 aromatic rings. The van der Waals surface area contributed by atoms with E-state index in [1.807, 2.05) is 6.92 Å². The molecular formula is C20H25ClN2O4S2. The van der Waals surface area contributed by atoms with E-state index in [4.69, 9.17) is 16.3 Å². The van der Waals surface area contributed by atoms with Crippen LogP contribution >= 0.6 is 22.9 Å². The molecule has 1 aromatic carbocycles. The molecule has 1 aliphatic rings. The largest absolute Gasteiger partial charge is 0.484 e. The number of carbonyl (C=O) groups excluding carboxylic acids is 1. The third kappa shape index (κ3) is 5.94. The van der Waals surface area contributed by atoms with Crippen molar-refractivity contribution in [1.82, 2.24) is 9.62 Å². The Morgan fingerprint density at radius 3 is 2.59 bits per heavy atom. The van der Waals surface area contributed by atoms with Crippen molar-refractivity contribution in [1.29, 1.82) is 0 Å². The number of rotatable bonds is 7. The monoisotopic (exact) mass is 456 g/mol. The summed E-state index contributed by atoms with van der Waals surface area (Å²) in [6, 6.07) is 8.58. The zero-order valence-electron chi connectivity index (χ0n) is 16.3. The van der Waals surface area contributed by atoms with E-state index < -0.39 is 10.0 Å². The van der Waals surface area contributed by atoms with Crippen LogP contribution < -0.4 is 10.1 Å². The van der Waals surface area contributed by atoms with E-state index in [0.717, 1.165) is 36.1 Å². The van der Waals surface area contributed by atoms with Crippen LogP contribution in [0.4, 0.5) is 0 Å². The van der Waals surface area contributed by atoms with Gasteiger partial charge in [-0.3, -0.25) is 4.79 Å². The first-order chi connectivity index (χ1) is 13.9. The molecule has 1 aromatic heterocycles. The van der Waals surface area contributed by atoms with Gasteiger partial charge >= 0.3 is 0 Å². The van der Waals surface area contributed by atoms with E-state index in [9.17, 15) is 13.2 Å². The minimum absolute atomic E-state index is 0.118. The first kappa shape index (κ1) is 22.1. The van der Waals surface area contributed by atoms with Crippen LogP contribution in [-0.4, -0.2) is 38.3 Å². The van der Waals surface area contributed by atoms with Crippen molar-refractivity contribution in [3.8, 4) is 5.75 Å². The highest BCUT2D eigenvalue weighted by Gasteiger charge is 2.26. The molecule has 2 heterocycles. The lowest BCUT2D eigenvalue weighted by Crippen LogP contribution is -2.31. The number of nitrogens with zero attached hydrogens (tertiary/aromatic N) is 1. The van der Waals surface area contributed by atoms with Gasteiger partial charge in [0.25, 0.3) is 15.9 Å². The highest BCUT2D eigenvalue weighted by Crippen LogP contribution is 2.27. The van der Waals surface area contributed by atoms with Crippen molar-refractivity contribution in [3.63, 3.8) is 0 Å². The van der Waals surface area contributed by atoms with Crippen LogP contribution in [0.25, 0.3) is 0 Å². The van der Waals surface area contributed by atoms with Crippen molar-refractivity contribution in [3.05, 3.63) is 45.8 Å². The van der Waals surface area contributed by atoms with Crippen LogP contribution in [0.3, 0.4) is 0 Å². The molecule has 0 spiro atoms. The lowest BCUT2D eigenvalue weighted by molar-refractivity contribution is -0.123. The van der Waals surface area contributed by atoms with Gasteiger partial charge in [0, 0.05) is 23.0 Å². The summed E-state index contributed by atoms with van der Waals surface area (Å²) in [5.74, 6) is 0.330. The average Bonchev–Trinajstić information content (AvgIpc) is 2.99. The molecule has 1 fully saturated rings. The van der Waals surface area contributed by atoms with Gasteiger partial charge in [0.1, 0.15) is 9.96 Å². The van der Waals surface area contributed by atoms with Gasteiger partial charge in [0.2, 0.25) is 0 Å². The number of nitrogens with one attached hydrogen (secondary N) is 1. The number of sulfonamides is 1. The van der Waals surface area contributed by atoms with E-state index in [1.54, 1.807) is 34.6 Å². The van der Waals surface area contributed by atoms with Crippen LogP contribution in [0, 0.1) is 6.92 Å². The summed E-state index contributed by atoms with van der Waals surface area (Å²) in [4.78, 5) is 12.9. The molecule has 0 radical (unpaired) electrons. The Morgan fingerprint density at radius 2 is 1.90 bits per heavy atom. The molecule has 1 saturated heterocycles. The zero-order chi connectivity index (χ0) is 20.9. The minimum atomic E-state index is -3.45. The van der Waals surface area contributed by atoms with E-state index in [2.05, 4.69) is 5.32 Å². The predicted molar refractivity (Wildman–Crippen MR) is 115 cm³/mol. The molecule has 0 atom stereocenters. The molecule has 0 bridgehead atoms. The first-order valence-electron chi connectivity index (χ1n) is 9.61. The SMILES string of the molecule is Cc1cc(Cl)ccc1OCC(=O)NCc1ccc(S(=O)(=O)N2CCCCCC2)s1. The Labute approximate surface area is 180 Å². The summed E-state index contributed by atoms with van der Waals surface area (Å²) in [7, 11) is -3.45. The topological polar surface area (TPSA) is 75.7 Å². The van der Waals surface area contributed by atoms with Crippen LogP contribution in [-0.2, 0) is 21.4 Å². The van der Waals surface area contributed by atoms with Gasteiger partial charge in [-0.1, -0.05) is 24.4 Å². The minimum Gasteiger partial charge on any atom is -0.484 e. The predicted octanol–water partition coefficient (Wildman–Crippen LogP) is 3.97. The molecule has 29 heavy (non-hydrogen) atoms. The summed E-state index contributed by atoms with van der Waals surface area (Å²) < 4.78 is 33.1. The Hall–Kier alpha value is -1.61. The van der Waals surface area contributed by atoms with Gasteiger partial charge in [-0.25, -0.2) is 8.42 Å². The maximum absolute atomic E-state index is 12.8. The normalized spacial score (nSPS) is 15.7. The third-order valence-electron chi connectivity index (χ3n) is 4.75. The smallest absolute Gasteiger partial charge is 0.258 e. The molecule has 0 saturated carbocycles. The fourth-order valence-corrected chi connectivity index (χ4v) is 6.35. The Kier molecular flexibility index (Phi) is 7.56. The molecule has 1 N–H and O–H groups in total. The molecule has 158 valence electrons. The van der Waals surface area contributed by atoms with Gasteiger partial charge in [0.15, 0.2) is 6.61 Å². The number of amides is 1. The van der Waals surface area contributed by atoms with Crippen LogP contribution in [0.1, 0.15) is 36.1 Å². The van der Waals surface area contributed by atoms with E-state index >= 15 is 0 Å². The fraction of sp³-hybridized carbons (Fsp3) is 0.450. The van der Waals surface area contributed by atoms with Crippen LogP contribution in [0.2, 0.25) is 5.02 Å². The Balaban J connectivity index is 1.52. The quantitative estimate of drug-likeness (QED) is 0.683. The Bertz CT molecular complexity index is 951. The van der Waals surface area contributed by atoms with Crippen molar-refractivity contribution in [2.45, 2.75) is 43.4 Å². The molecule has 0 unspecified atom stereocenters. The van der Waals surface area contributed by atoms with Crippen molar-refractivity contribution in [2.24, 2.45) is 0 Å². The van der Waals surface area contributed by atoms with Gasteiger partial charge in [-0.15, -0.1) is 11.3 Å². The highest BCUT2D eigenvalue weighted by atomic mass is 35.5. The molecule has 3 rings (SSSR count). The first-order valence-corrected chi connectivity index (χ1v) is 12.2. The van der Waals surface area contributed by atoms with Crippen molar-refractivity contribution in [2.75, 3.05) is 19.7 Å². The molecular weight excluding hydrogens is 432 g/mol. The number of thiophene rings is 1. The second kappa shape index (κ2) is 9.93. The number of carbonyl (C=O) groups is 1. The molecule has 9 heteroatoms. The summed E-state index contributed by atoms with van der Waals surface area (Å²) in [6.07, 6.45) is 3.96. The zero-order valence-corrected chi connectivity index (χ0v) is 18.7. The molecule has 0 aliphatic carbocycles. The van der Waals surface area contributed by atoms with Crippen molar-refractivity contribution >= 4 is 38.9 Å². The van der Waals surface area contributed by atoms with E-state index in [0.29, 0.717) is 28.1 Å². The van der Waals surface area contributed by atoms with E-state index in [1.165, 1.54) is 11.3 Å². The summed E-state index contributed by atoms with van der Waals surface area (Å²) >= 11 is 7.11. The number of hydrogen-bond acceptors (Lipinski definition) is 5. The average molecular weight is 457 g/mol. The third-order valence-corrected chi connectivity index (χ3v) is 8.44. The summed E-state index contributed by atoms with van der Waals surface area (Å²) in [5.41, 5.74) is 0.854. The van der Waals surface area contributed by atoms with Gasteiger partial charge in [-0.05, 0) is 55.7 Å². The van der Waals surface area contributed by atoms with Crippen LogP contribution in [0.5, 0.6) is 5.75 Å². The van der Waals surface area contributed by atoms with E-state index in [-0.39, 0.29) is 19.1 Å². The number of benzene rings is 1. The summed E-state index contributed by atoms with van der Waals surface area (Å²) in [6.45, 7) is 3.16. The number of hydrogen-bond donors (Lipinski definition) is 1. The lowest BCUT2D eigenvalue weighted by atomic mass is 10.2. The molecule has 6 nitrogen and oxygen atoms in total. The molecule has 1 aliphatic heterocycles. The van der Waals surface area contributed by atoms with Crippen molar-refractivity contribution < 1.29 is 17.9 Å². The highest BCUT2D eigenvalue weighted by molar-refractivity contribution is 7.91. The summed E-state index contributed by atoms with van der Waals surface area (Å²) in [5, 5.41) is 3.38.